The van der Waals surface area contributed by atoms with Gasteiger partial charge in [-0.05, 0) is 41.7 Å². The smallest absolute Gasteiger partial charge is 0.0168 e. The van der Waals surface area contributed by atoms with Crippen molar-refractivity contribution in [2.45, 2.75) is 30.9 Å². The first-order chi connectivity index (χ1) is 10.3. The van der Waals surface area contributed by atoms with Gasteiger partial charge in [0.2, 0.25) is 0 Å². The summed E-state index contributed by atoms with van der Waals surface area (Å²) in [5.41, 5.74) is 2.90. The van der Waals surface area contributed by atoms with E-state index in [-0.39, 0.29) is 0 Å². The quantitative estimate of drug-likeness (QED) is 0.678. The Morgan fingerprint density at radius 1 is 0.762 bits per heavy atom. The van der Waals surface area contributed by atoms with Crippen LogP contribution >= 0.6 is 11.8 Å². The number of rotatable bonds is 6. The second kappa shape index (κ2) is 7.00. The molecule has 3 rings (SSSR count). The van der Waals surface area contributed by atoms with Crippen LogP contribution in [0, 0.1) is 5.92 Å². The van der Waals surface area contributed by atoms with Crippen LogP contribution in [0.3, 0.4) is 0 Å². The van der Waals surface area contributed by atoms with E-state index >= 15 is 0 Å². The first-order valence-electron chi connectivity index (χ1n) is 7.76. The molecule has 0 amide bonds. The molecule has 0 saturated carbocycles. The van der Waals surface area contributed by atoms with Gasteiger partial charge < -0.3 is 0 Å². The van der Waals surface area contributed by atoms with Gasteiger partial charge in [-0.2, -0.15) is 0 Å². The lowest BCUT2D eigenvalue weighted by atomic mass is 9.91. The van der Waals surface area contributed by atoms with Crippen molar-refractivity contribution in [2.75, 3.05) is 0 Å². The van der Waals surface area contributed by atoms with Crippen LogP contribution in [0.25, 0.3) is 0 Å². The molecule has 0 unspecified atom stereocenters. The molecule has 0 aromatic heterocycles. The summed E-state index contributed by atoms with van der Waals surface area (Å²) < 4.78 is 0. The van der Waals surface area contributed by atoms with Crippen molar-refractivity contribution in [2.24, 2.45) is 5.92 Å². The highest BCUT2D eigenvalue weighted by Crippen LogP contribution is 2.49. The normalized spacial score (nSPS) is 21.0. The molecule has 1 saturated heterocycles. The first-order valence-corrected chi connectivity index (χ1v) is 8.64. The number of hydrogen-bond acceptors (Lipinski definition) is 1. The predicted molar refractivity (Wildman–Crippen MR) is 93.5 cm³/mol. The van der Waals surface area contributed by atoms with Crippen LogP contribution in [0.1, 0.15) is 24.0 Å². The van der Waals surface area contributed by atoms with Gasteiger partial charge in [0.15, 0.2) is 0 Å². The van der Waals surface area contributed by atoms with Crippen LogP contribution in [0.4, 0.5) is 0 Å². The second-order valence-corrected chi connectivity index (χ2v) is 7.14. The maximum absolute atomic E-state index is 4.22. The average Bonchev–Trinajstić information content (AvgIpc) is 2.53. The fourth-order valence-corrected chi connectivity index (χ4v) is 4.35. The Balaban J connectivity index is 1.49. The molecule has 0 N–H and O–H groups in total. The van der Waals surface area contributed by atoms with E-state index < -0.39 is 0 Å². The molecule has 0 radical (unpaired) electrons. The van der Waals surface area contributed by atoms with E-state index in [0.29, 0.717) is 5.92 Å². The van der Waals surface area contributed by atoms with Crippen molar-refractivity contribution in [1.29, 1.82) is 0 Å². The highest BCUT2D eigenvalue weighted by Gasteiger charge is 2.34. The van der Waals surface area contributed by atoms with E-state index in [4.69, 9.17) is 0 Å². The van der Waals surface area contributed by atoms with Gasteiger partial charge in [-0.15, -0.1) is 11.8 Å². The van der Waals surface area contributed by atoms with Gasteiger partial charge in [-0.1, -0.05) is 67.2 Å². The second-order valence-electron chi connectivity index (χ2n) is 5.78. The Hall–Kier alpha value is -1.47. The molecule has 0 aliphatic carbocycles. The van der Waals surface area contributed by atoms with Crippen molar-refractivity contribution in [1.82, 2.24) is 0 Å². The molecule has 0 spiro atoms. The van der Waals surface area contributed by atoms with Crippen molar-refractivity contribution in [3.8, 4) is 0 Å². The third kappa shape index (κ3) is 3.79. The van der Waals surface area contributed by atoms with Crippen molar-refractivity contribution < 1.29 is 0 Å². The molecular weight excluding hydrogens is 272 g/mol. The fraction of sp³-hybridized carbons (Fsp3) is 0.300. The molecule has 21 heavy (non-hydrogen) atoms. The van der Waals surface area contributed by atoms with E-state index in [1.807, 2.05) is 11.8 Å². The van der Waals surface area contributed by atoms with E-state index in [1.54, 1.807) is 0 Å². The van der Waals surface area contributed by atoms with Gasteiger partial charge in [-0.25, -0.2) is 0 Å². The van der Waals surface area contributed by atoms with Crippen LogP contribution in [0.15, 0.2) is 72.1 Å². The number of allylic oxidation sites excluding steroid dienone is 1. The molecule has 1 aliphatic heterocycles. The van der Waals surface area contributed by atoms with E-state index in [0.717, 1.165) is 5.25 Å². The Morgan fingerprint density at radius 3 is 1.81 bits per heavy atom. The van der Waals surface area contributed by atoms with Crippen LogP contribution in [0.2, 0.25) is 0 Å². The molecule has 2 aromatic rings. The molecule has 1 aliphatic rings. The van der Waals surface area contributed by atoms with Crippen LogP contribution < -0.4 is 0 Å². The third-order valence-corrected chi connectivity index (χ3v) is 5.78. The molecule has 2 atom stereocenters. The molecule has 0 nitrogen and oxygen atoms in total. The zero-order valence-corrected chi connectivity index (χ0v) is 13.2. The zero-order valence-electron chi connectivity index (χ0n) is 12.4. The molecule has 108 valence electrons. The summed E-state index contributed by atoms with van der Waals surface area (Å²) in [6, 6.07) is 21.6. The standard InChI is InChI=1S/C20H22S/c1-16-19(14-12-17-8-4-2-5-9-17)20(21-16)15-13-18-10-6-3-7-11-18/h2-11,19-20H,1,12-15H2/t19-,20+/m0/s1. The highest BCUT2D eigenvalue weighted by atomic mass is 32.2. The summed E-state index contributed by atoms with van der Waals surface area (Å²) in [4.78, 5) is 1.39. The molecule has 2 aromatic carbocycles. The van der Waals surface area contributed by atoms with Crippen molar-refractivity contribution in [3.05, 3.63) is 83.3 Å². The maximum Gasteiger partial charge on any atom is 0.0168 e. The monoisotopic (exact) mass is 294 g/mol. The van der Waals surface area contributed by atoms with Crippen LogP contribution in [-0.4, -0.2) is 5.25 Å². The Labute approximate surface area is 132 Å². The van der Waals surface area contributed by atoms with Gasteiger partial charge in [0, 0.05) is 11.2 Å². The summed E-state index contributed by atoms with van der Waals surface area (Å²) in [6.45, 7) is 4.22. The number of thioether (sulfide) groups is 1. The van der Waals surface area contributed by atoms with Crippen LogP contribution in [0.5, 0.6) is 0 Å². The minimum absolute atomic E-state index is 0.707. The fourth-order valence-electron chi connectivity index (χ4n) is 3.03. The Morgan fingerprint density at radius 2 is 1.29 bits per heavy atom. The summed E-state index contributed by atoms with van der Waals surface area (Å²) in [5, 5.41) is 0.765. The third-order valence-electron chi connectivity index (χ3n) is 4.31. The van der Waals surface area contributed by atoms with Gasteiger partial charge >= 0.3 is 0 Å². The topological polar surface area (TPSA) is 0 Å². The number of hydrogen-bond donors (Lipinski definition) is 0. The molecule has 1 fully saturated rings. The van der Waals surface area contributed by atoms with Crippen molar-refractivity contribution >= 4 is 11.8 Å². The largest absolute Gasteiger partial charge is 0.127 e. The number of benzene rings is 2. The minimum atomic E-state index is 0.707. The van der Waals surface area contributed by atoms with Crippen LogP contribution in [-0.2, 0) is 12.8 Å². The summed E-state index contributed by atoms with van der Waals surface area (Å²) in [7, 11) is 0. The molecular formula is C20H22S. The summed E-state index contributed by atoms with van der Waals surface area (Å²) in [6.07, 6.45) is 4.88. The van der Waals surface area contributed by atoms with Gasteiger partial charge in [-0.3, -0.25) is 0 Å². The van der Waals surface area contributed by atoms with Gasteiger partial charge in [0.1, 0.15) is 0 Å². The zero-order chi connectivity index (χ0) is 14.5. The van der Waals surface area contributed by atoms with Gasteiger partial charge in [0.05, 0.1) is 0 Å². The van der Waals surface area contributed by atoms with E-state index in [2.05, 4.69) is 67.2 Å². The van der Waals surface area contributed by atoms with E-state index in [9.17, 15) is 0 Å². The number of aryl methyl sites for hydroxylation is 2. The molecule has 1 heterocycles. The Kier molecular flexibility index (Phi) is 4.82. The maximum atomic E-state index is 4.22. The Bertz CT molecular complexity index is 573. The lowest BCUT2D eigenvalue weighted by molar-refractivity contribution is 0.507. The molecule has 0 bridgehead atoms. The predicted octanol–water partition coefficient (Wildman–Crippen LogP) is 5.50. The first kappa shape index (κ1) is 14.5. The highest BCUT2D eigenvalue weighted by molar-refractivity contribution is 8.05. The molecule has 1 heteroatoms. The summed E-state index contributed by atoms with van der Waals surface area (Å²) >= 11 is 2.00. The lowest BCUT2D eigenvalue weighted by Crippen LogP contribution is -2.29. The van der Waals surface area contributed by atoms with Crippen molar-refractivity contribution in [3.63, 3.8) is 0 Å². The lowest BCUT2D eigenvalue weighted by Gasteiger charge is -2.38. The summed E-state index contributed by atoms with van der Waals surface area (Å²) in [5.74, 6) is 0.707. The van der Waals surface area contributed by atoms with Gasteiger partial charge in [0.25, 0.3) is 0 Å². The SMILES string of the molecule is C=C1S[C@H](CCc2ccccc2)[C@H]1CCc1ccccc1. The average molecular weight is 294 g/mol. The van der Waals surface area contributed by atoms with E-state index in [1.165, 1.54) is 41.7 Å². The minimum Gasteiger partial charge on any atom is -0.127 e.